The molecule has 3 rings (SSSR count). The Morgan fingerprint density at radius 2 is 1.68 bits per heavy atom. The molecule has 7 heteroatoms. The molecule has 1 unspecified atom stereocenters. The third kappa shape index (κ3) is 2.82. The Kier molecular flexibility index (Phi) is 4.08. The lowest BCUT2D eigenvalue weighted by Crippen LogP contribution is -2.48. The first-order valence-electron chi connectivity index (χ1n) is 7.20. The molecule has 1 aliphatic heterocycles. The van der Waals surface area contributed by atoms with Crippen molar-refractivity contribution in [1.29, 1.82) is 4.78 Å². The van der Waals surface area contributed by atoms with Crippen LogP contribution in [0.5, 0.6) is 0 Å². The molecular weight excluding hydrogens is 298 g/mol. The number of nitrogens with one attached hydrogen (secondary N) is 1. The lowest BCUT2D eigenvalue weighted by molar-refractivity contribution is 0.401. The SMILES string of the molecule is Cc1ccccc1S(=N)(=O)N1CCN(c2ncccn2)CC1. The van der Waals surface area contributed by atoms with E-state index >= 15 is 0 Å². The molecule has 22 heavy (non-hydrogen) atoms. The quantitative estimate of drug-likeness (QED) is 0.939. The van der Waals surface area contributed by atoms with Crippen molar-refractivity contribution in [2.24, 2.45) is 0 Å². The number of nitrogens with zero attached hydrogens (tertiary/aromatic N) is 4. The minimum absolute atomic E-state index is 0.564. The van der Waals surface area contributed by atoms with Crippen LogP contribution in [-0.4, -0.2) is 44.7 Å². The topological polar surface area (TPSA) is 73.2 Å². The van der Waals surface area contributed by atoms with Crippen molar-refractivity contribution >= 4 is 15.9 Å². The Hall–Kier alpha value is -1.99. The molecule has 1 saturated heterocycles. The lowest BCUT2D eigenvalue weighted by Gasteiger charge is -2.35. The van der Waals surface area contributed by atoms with E-state index in [1.807, 2.05) is 25.1 Å². The molecule has 0 bridgehead atoms. The van der Waals surface area contributed by atoms with Gasteiger partial charge in [0.25, 0.3) is 0 Å². The van der Waals surface area contributed by atoms with Crippen molar-refractivity contribution in [3.63, 3.8) is 0 Å². The molecule has 0 aliphatic carbocycles. The summed E-state index contributed by atoms with van der Waals surface area (Å²) in [5, 5.41) is 0. The van der Waals surface area contributed by atoms with E-state index in [9.17, 15) is 4.21 Å². The molecule has 116 valence electrons. The van der Waals surface area contributed by atoms with Gasteiger partial charge in [0.2, 0.25) is 5.95 Å². The Morgan fingerprint density at radius 3 is 2.32 bits per heavy atom. The predicted molar refractivity (Wildman–Crippen MR) is 86.1 cm³/mol. The van der Waals surface area contributed by atoms with Gasteiger partial charge in [-0.1, -0.05) is 18.2 Å². The smallest absolute Gasteiger partial charge is 0.225 e. The molecule has 1 aliphatic rings. The molecule has 2 aromatic rings. The number of anilines is 1. The van der Waals surface area contributed by atoms with E-state index in [1.54, 1.807) is 28.8 Å². The van der Waals surface area contributed by atoms with Gasteiger partial charge in [0, 0.05) is 38.6 Å². The van der Waals surface area contributed by atoms with Crippen LogP contribution in [0, 0.1) is 11.7 Å². The maximum Gasteiger partial charge on any atom is 0.225 e. The average Bonchev–Trinajstić information content (AvgIpc) is 2.56. The van der Waals surface area contributed by atoms with E-state index in [4.69, 9.17) is 4.78 Å². The summed E-state index contributed by atoms with van der Waals surface area (Å²) in [4.78, 5) is 11.1. The molecule has 0 amide bonds. The van der Waals surface area contributed by atoms with Crippen LogP contribution in [0.4, 0.5) is 5.95 Å². The summed E-state index contributed by atoms with van der Waals surface area (Å²) in [7, 11) is -2.93. The Labute approximate surface area is 130 Å². The summed E-state index contributed by atoms with van der Waals surface area (Å²) < 4.78 is 23.1. The van der Waals surface area contributed by atoms with Crippen molar-refractivity contribution in [3.05, 3.63) is 48.3 Å². The second-order valence-electron chi connectivity index (χ2n) is 5.26. The summed E-state index contributed by atoms with van der Waals surface area (Å²) in [6, 6.07) is 9.22. The fourth-order valence-electron chi connectivity index (χ4n) is 2.61. The number of benzene rings is 1. The molecule has 1 aromatic heterocycles. The van der Waals surface area contributed by atoms with Crippen LogP contribution in [0.25, 0.3) is 0 Å². The molecule has 0 spiro atoms. The van der Waals surface area contributed by atoms with E-state index < -0.39 is 9.92 Å². The minimum atomic E-state index is -2.93. The van der Waals surface area contributed by atoms with Crippen molar-refractivity contribution < 1.29 is 4.21 Å². The molecule has 1 N–H and O–H groups in total. The normalized spacial score (nSPS) is 18.9. The minimum Gasteiger partial charge on any atom is -0.338 e. The molecule has 0 radical (unpaired) electrons. The highest BCUT2D eigenvalue weighted by Gasteiger charge is 2.27. The molecule has 1 atom stereocenters. The van der Waals surface area contributed by atoms with Crippen LogP contribution in [-0.2, 0) is 9.92 Å². The number of aromatic nitrogens is 2. The third-order valence-corrected chi connectivity index (χ3v) is 5.98. The fraction of sp³-hybridized carbons (Fsp3) is 0.333. The standard InChI is InChI=1S/C15H19N5OS/c1-13-5-2-3-6-14(13)22(16,21)20-11-9-19(10-12-20)15-17-7-4-8-18-15/h2-8,16H,9-12H2,1H3. The van der Waals surface area contributed by atoms with E-state index in [2.05, 4.69) is 14.9 Å². The van der Waals surface area contributed by atoms with E-state index in [0.717, 1.165) is 5.56 Å². The number of aryl methyl sites for hydroxylation is 1. The van der Waals surface area contributed by atoms with Crippen LogP contribution in [0.15, 0.2) is 47.6 Å². The number of hydrogen-bond acceptors (Lipinski definition) is 5. The highest BCUT2D eigenvalue weighted by molar-refractivity contribution is 7.90. The molecular formula is C15H19N5OS. The van der Waals surface area contributed by atoms with Gasteiger partial charge in [0.15, 0.2) is 0 Å². The lowest BCUT2D eigenvalue weighted by atomic mass is 10.2. The monoisotopic (exact) mass is 317 g/mol. The van der Waals surface area contributed by atoms with Gasteiger partial charge >= 0.3 is 0 Å². The molecule has 1 aromatic carbocycles. The van der Waals surface area contributed by atoms with Crippen LogP contribution in [0.2, 0.25) is 0 Å². The van der Waals surface area contributed by atoms with Crippen LogP contribution < -0.4 is 4.90 Å². The van der Waals surface area contributed by atoms with Gasteiger partial charge in [-0.05, 0) is 24.6 Å². The highest BCUT2D eigenvalue weighted by atomic mass is 32.2. The van der Waals surface area contributed by atoms with Gasteiger partial charge < -0.3 is 4.90 Å². The number of hydrogen-bond donors (Lipinski definition) is 1. The van der Waals surface area contributed by atoms with E-state index in [-0.39, 0.29) is 0 Å². The zero-order valence-electron chi connectivity index (χ0n) is 12.5. The summed E-state index contributed by atoms with van der Waals surface area (Å²) in [6.45, 7) is 4.37. The maximum absolute atomic E-state index is 12.9. The summed E-state index contributed by atoms with van der Waals surface area (Å²) in [6.07, 6.45) is 3.44. The van der Waals surface area contributed by atoms with Crippen molar-refractivity contribution in [2.75, 3.05) is 31.1 Å². The fourth-order valence-corrected chi connectivity index (χ4v) is 4.33. The Bertz CT molecular complexity index is 740. The van der Waals surface area contributed by atoms with Crippen molar-refractivity contribution in [3.8, 4) is 0 Å². The second-order valence-corrected chi connectivity index (χ2v) is 7.26. The van der Waals surface area contributed by atoms with E-state index in [0.29, 0.717) is 37.0 Å². The zero-order chi connectivity index (χ0) is 15.6. The predicted octanol–water partition coefficient (Wildman–Crippen LogP) is 1.93. The first-order chi connectivity index (χ1) is 10.6. The van der Waals surface area contributed by atoms with Gasteiger partial charge in [-0.25, -0.2) is 23.3 Å². The Morgan fingerprint density at radius 1 is 1.05 bits per heavy atom. The van der Waals surface area contributed by atoms with Crippen molar-refractivity contribution in [1.82, 2.24) is 14.3 Å². The Balaban J connectivity index is 1.75. The van der Waals surface area contributed by atoms with Gasteiger partial charge in [0.1, 0.15) is 9.92 Å². The van der Waals surface area contributed by atoms with Crippen LogP contribution in [0.3, 0.4) is 0 Å². The first-order valence-corrected chi connectivity index (χ1v) is 8.72. The molecule has 1 fully saturated rings. The third-order valence-electron chi connectivity index (χ3n) is 3.83. The number of rotatable bonds is 3. The highest BCUT2D eigenvalue weighted by Crippen LogP contribution is 2.22. The molecule has 6 nitrogen and oxygen atoms in total. The largest absolute Gasteiger partial charge is 0.338 e. The van der Waals surface area contributed by atoms with Gasteiger partial charge in [0.05, 0.1) is 4.90 Å². The summed E-state index contributed by atoms with van der Waals surface area (Å²) in [5.74, 6) is 0.689. The second kappa shape index (κ2) is 6.02. The van der Waals surface area contributed by atoms with Gasteiger partial charge in [-0.15, -0.1) is 0 Å². The molecule has 2 heterocycles. The molecule has 0 saturated carbocycles. The summed E-state index contributed by atoms with van der Waals surface area (Å²) >= 11 is 0. The van der Waals surface area contributed by atoms with E-state index in [1.165, 1.54) is 0 Å². The van der Waals surface area contributed by atoms with Crippen LogP contribution >= 0.6 is 0 Å². The van der Waals surface area contributed by atoms with Crippen LogP contribution in [0.1, 0.15) is 5.56 Å². The summed E-state index contributed by atoms with van der Waals surface area (Å²) in [5.41, 5.74) is 0.899. The first kappa shape index (κ1) is 14.9. The van der Waals surface area contributed by atoms with Gasteiger partial charge in [-0.3, -0.25) is 0 Å². The zero-order valence-corrected chi connectivity index (χ0v) is 13.3. The number of piperazine rings is 1. The van der Waals surface area contributed by atoms with Gasteiger partial charge in [-0.2, -0.15) is 0 Å². The maximum atomic E-state index is 12.9. The average molecular weight is 317 g/mol. The van der Waals surface area contributed by atoms with Crippen molar-refractivity contribution in [2.45, 2.75) is 11.8 Å².